The zero-order chi connectivity index (χ0) is 8.32. The maximum absolute atomic E-state index is 8.92. The van der Waals surface area contributed by atoms with Gasteiger partial charge in [-0.25, -0.2) is 0 Å². The Morgan fingerprint density at radius 3 is 2.82 bits per heavy atom. The zero-order valence-corrected chi connectivity index (χ0v) is 9.81. The molecular weight excluding hydrogens is 176 g/mol. The molecule has 1 rings (SSSR count). The summed E-state index contributed by atoms with van der Waals surface area (Å²) in [6, 6.07) is 0. The van der Waals surface area contributed by atoms with Crippen molar-refractivity contribution in [3.05, 3.63) is 0 Å². The van der Waals surface area contributed by atoms with E-state index in [9.17, 15) is 0 Å². The fourth-order valence-corrected chi connectivity index (χ4v) is 2.36. The van der Waals surface area contributed by atoms with Crippen LogP contribution in [0.3, 0.4) is 0 Å². The molecule has 4 heteroatoms. The smallest absolute Gasteiger partial charge is 0.0620 e. The van der Waals surface area contributed by atoms with Gasteiger partial charge in [0.05, 0.1) is 11.8 Å². The lowest BCUT2D eigenvalue weighted by Gasteiger charge is -2.37. The molecule has 1 N–H and O–H groups in total. The van der Waals surface area contributed by atoms with Crippen LogP contribution in [0.2, 0.25) is 0 Å². The van der Waals surface area contributed by atoms with Crippen LogP contribution in [0.4, 0.5) is 0 Å². The van der Waals surface area contributed by atoms with Gasteiger partial charge in [-0.3, -0.25) is 0 Å². The van der Waals surface area contributed by atoms with Crippen molar-refractivity contribution in [2.45, 2.75) is 29.7 Å². The Balaban J connectivity index is 2.49. The molecule has 0 saturated carbocycles. The zero-order valence-electron chi connectivity index (χ0n) is 6.92. The van der Waals surface area contributed by atoms with E-state index in [-0.39, 0.29) is 17.1 Å². The first-order valence-corrected chi connectivity index (χ1v) is 5.63. The number of ether oxygens (including phenoxy) is 1. The van der Waals surface area contributed by atoms with Crippen LogP contribution in [0, 0.1) is 0 Å². The summed E-state index contributed by atoms with van der Waals surface area (Å²) in [6.07, 6.45) is 3.46. The molecular formula is C7H16O2SSi. The van der Waals surface area contributed by atoms with Gasteiger partial charge >= 0.3 is 0 Å². The summed E-state index contributed by atoms with van der Waals surface area (Å²) >= 11 is 4.32. The fourth-order valence-electron chi connectivity index (χ4n) is 1.41. The van der Waals surface area contributed by atoms with Crippen molar-refractivity contribution in [1.82, 2.24) is 0 Å². The normalized spacial score (nSPS) is 35.5. The van der Waals surface area contributed by atoms with E-state index < -0.39 is 0 Å². The van der Waals surface area contributed by atoms with Crippen LogP contribution in [0.25, 0.3) is 0 Å². The second kappa shape index (κ2) is 3.94. The lowest BCUT2D eigenvalue weighted by molar-refractivity contribution is -0.0257. The third-order valence-electron chi connectivity index (χ3n) is 2.38. The second-order valence-corrected chi connectivity index (χ2v) is 5.63. The highest BCUT2D eigenvalue weighted by atomic mass is 32.1. The molecule has 0 amide bonds. The summed E-state index contributed by atoms with van der Waals surface area (Å²) in [6.45, 7) is 0.979. The minimum atomic E-state index is -0.0594. The number of hydrogen-bond donors (Lipinski definition) is 2. The molecule has 66 valence electrons. The minimum Gasteiger partial charge on any atom is -0.395 e. The molecule has 2 nitrogen and oxygen atoms in total. The highest BCUT2D eigenvalue weighted by Crippen LogP contribution is 2.27. The highest BCUT2D eigenvalue weighted by Gasteiger charge is 2.33. The van der Waals surface area contributed by atoms with Gasteiger partial charge in [0.1, 0.15) is 0 Å². The molecule has 2 unspecified atom stereocenters. The van der Waals surface area contributed by atoms with E-state index in [1.165, 1.54) is 6.42 Å². The van der Waals surface area contributed by atoms with Gasteiger partial charge in [-0.15, -0.1) is 0 Å². The molecule has 2 atom stereocenters. The highest BCUT2D eigenvalue weighted by molar-refractivity contribution is 7.81. The predicted molar refractivity (Wildman–Crippen MR) is 52.3 cm³/mol. The van der Waals surface area contributed by atoms with Crippen LogP contribution in [-0.2, 0) is 4.74 Å². The summed E-state index contributed by atoms with van der Waals surface area (Å²) in [5.41, 5.74) is 0. The number of rotatable bonds is 2. The van der Waals surface area contributed by atoms with Crippen molar-refractivity contribution < 1.29 is 9.84 Å². The molecule has 0 aromatic heterocycles. The van der Waals surface area contributed by atoms with E-state index in [0.29, 0.717) is 0 Å². The van der Waals surface area contributed by atoms with E-state index >= 15 is 0 Å². The fraction of sp³-hybridized carbons (Fsp3) is 1.00. The maximum Gasteiger partial charge on any atom is 0.0620 e. The van der Waals surface area contributed by atoms with Gasteiger partial charge in [-0.05, 0) is 19.3 Å². The van der Waals surface area contributed by atoms with Crippen molar-refractivity contribution in [2.75, 3.05) is 13.2 Å². The third-order valence-corrected chi connectivity index (χ3v) is 5.06. The summed E-state index contributed by atoms with van der Waals surface area (Å²) in [7, 11) is 0.965. The van der Waals surface area contributed by atoms with Gasteiger partial charge in [-0.2, -0.15) is 12.6 Å². The average molecular weight is 192 g/mol. The number of thiol groups is 1. The van der Waals surface area contributed by atoms with Crippen LogP contribution in [-0.4, -0.2) is 39.0 Å². The first-order valence-electron chi connectivity index (χ1n) is 4.12. The monoisotopic (exact) mass is 192 g/mol. The summed E-state index contributed by atoms with van der Waals surface area (Å²) < 4.78 is 5.64. The standard InChI is InChI=1S/C7H16O2SSi/c8-5-6(10)7(11)3-1-2-4-9-7/h6,8,10H,1-5H2,11H3. The molecule has 1 saturated heterocycles. The Hall–Kier alpha value is 0.487. The van der Waals surface area contributed by atoms with E-state index in [0.717, 1.165) is 29.7 Å². The van der Waals surface area contributed by atoms with Crippen molar-refractivity contribution in [3.63, 3.8) is 0 Å². The van der Waals surface area contributed by atoms with E-state index in [1.807, 2.05) is 0 Å². The SMILES string of the molecule is OCC(S)C1([SiH3])CCCCO1. The van der Waals surface area contributed by atoms with Gasteiger partial charge in [0.2, 0.25) is 0 Å². The third kappa shape index (κ3) is 2.21. The molecule has 1 fully saturated rings. The molecule has 0 aromatic carbocycles. The van der Waals surface area contributed by atoms with Crippen molar-refractivity contribution >= 4 is 22.9 Å². The molecule has 0 radical (unpaired) electrons. The average Bonchev–Trinajstić information content (AvgIpc) is 2.04. The predicted octanol–water partition coefficient (Wildman–Crippen LogP) is -0.461. The minimum absolute atomic E-state index is 0.0227. The number of hydrogen-bond acceptors (Lipinski definition) is 3. The Kier molecular flexibility index (Phi) is 3.43. The first-order chi connectivity index (χ1) is 5.19. The van der Waals surface area contributed by atoms with Gasteiger partial charge in [0.25, 0.3) is 0 Å². The molecule has 1 heterocycles. The van der Waals surface area contributed by atoms with E-state index in [1.54, 1.807) is 0 Å². The molecule has 0 aromatic rings. The Morgan fingerprint density at radius 1 is 1.64 bits per heavy atom. The van der Waals surface area contributed by atoms with E-state index in [2.05, 4.69) is 12.6 Å². The van der Waals surface area contributed by atoms with Crippen LogP contribution in [0.5, 0.6) is 0 Å². The quantitative estimate of drug-likeness (QED) is 0.458. The molecule has 0 aliphatic carbocycles. The summed E-state index contributed by atoms with van der Waals surface area (Å²) in [5, 5.41) is 8.88. The Bertz CT molecular complexity index is 126. The Labute approximate surface area is 76.2 Å². The van der Waals surface area contributed by atoms with Crippen molar-refractivity contribution in [2.24, 2.45) is 0 Å². The van der Waals surface area contributed by atoms with Crippen molar-refractivity contribution in [1.29, 1.82) is 0 Å². The van der Waals surface area contributed by atoms with Crippen LogP contribution >= 0.6 is 12.6 Å². The first kappa shape index (κ1) is 9.57. The second-order valence-electron chi connectivity index (χ2n) is 3.32. The molecule has 0 spiro atoms. The maximum atomic E-state index is 8.92. The van der Waals surface area contributed by atoms with Gasteiger partial charge < -0.3 is 9.84 Å². The van der Waals surface area contributed by atoms with E-state index in [4.69, 9.17) is 9.84 Å². The molecule has 1 aliphatic rings. The number of aliphatic hydroxyl groups excluding tert-OH is 1. The van der Waals surface area contributed by atoms with Crippen LogP contribution in [0.1, 0.15) is 19.3 Å². The topological polar surface area (TPSA) is 29.5 Å². The number of aliphatic hydroxyl groups is 1. The largest absolute Gasteiger partial charge is 0.395 e. The van der Waals surface area contributed by atoms with Crippen molar-refractivity contribution in [3.8, 4) is 0 Å². The van der Waals surface area contributed by atoms with Crippen LogP contribution in [0.15, 0.2) is 0 Å². The van der Waals surface area contributed by atoms with Crippen LogP contribution < -0.4 is 0 Å². The van der Waals surface area contributed by atoms with Gasteiger partial charge in [0.15, 0.2) is 0 Å². The summed E-state index contributed by atoms with van der Waals surface area (Å²) in [4.78, 5) is 0. The molecule has 0 bridgehead atoms. The Morgan fingerprint density at radius 2 is 2.36 bits per heavy atom. The van der Waals surface area contributed by atoms with Gasteiger partial charge in [0, 0.05) is 22.1 Å². The molecule has 11 heavy (non-hydrogen) atoms. The lowest BCUT2D eigenvalue weighted by Crippen LogP contribution is -2.46. The summed E-state index contributed by atoms with van der Waals surface area (Å²) in [5.74, 6) is 0. The molecule has 1 aliphatic heterocycles. The lowest BCUT2D eigenvalue weighted by atomic mass is 10.1. The van der Waals surface area contributed by atoms with Gasteiger partial charge in [-0.1, -0.05) is 0 Å².